The van der Waals surface area contributed by atoms with Crippen LogP contribution in [0.5, 0.6) is 5.75 Å². The van der Waals surface area contributed by atoms with E-state index in [9.17, 15) is 9.59 Å². The highest BCUT2D eigenvalue weighted by Gasteiger charge is 2.27. The van der Waals surface area contributed by atoms with Crippen LogP contribution in [0.1, 0.15) is 50.9 Å². The van der Waals surface area contributed by atoms with Gasteiger partial charge in [0.15, 0.2) is 0 Å². The first kappa shape index (κ1) is 18.7. The predicted octanol–water partition coefficient (Wildman–Crippen LogP) is 4.72. The molecule has 3 rings (SSSR count). The summed E-state index contributed by atoms with van der Waals surface area (Å²) in [6.07, 6.45) is 3.89. The maximum absolute atomic E-state index is 12.7. The summed E-state index contributed by atoms with van der Waals surface area (Å²) >= 11 is 7.62. The number of hydrogen-bond donors (Lipinski definition) is 1. The van der Waals surface area contributed by atoms with Crippen LogP contribution in [0.15, 0.2) is 18.2 Å². The van der Waals surface area contributed by atoms with Crippen molar-refractivity contribution in [2.24, 2.45) is 0 Å². The van der Waals surface area contributed by atoms with Gasteiger partial charge in [0.05, 0.1) is 24.3 Å². The molecule has 26 heavy (non-hydrogen) atoms. The van der Waals surface area contributed by atoms with Crippen LogP contribution in [0.3, 0.4) is 0 Å². The van der Waals surface area contributed by atoms with Crippen LogP contribution in [-0.2, 0) is 17.6 Å². The van der Waals surface area contributed by atoms with Gasteiger partial charge in [-0.05, 0) is 56.4 Å². The number of methoxy groups -OCH3 is 1. The smallest absolute Gasteiger partial charge is 0.341 e. The molecule has 1 heterocycles. The van der Waals surface area contributed by atoms with E-state index < -0.39 is 5.97 Å². The van der Waals surface area contributed by atoms with Gasteiger partial charge in [0.2, 0.25) is 0 Å². The van der Waals surface area contributed by atoms with Gasteiger partial charge < -0.3 is 14.8 Å². The van der Waals surface area contributed by atoms with Gasteiger partial charge in [0.1, 0.15) is 10.8 Å². The molecule has 0 saturated heterocycles. The third-order valence-corrected chi connectivity index (χ3v) is 5.78. The van der Waals surface area contributed by atoms with Crippen molar-refractivity contribution in [3.8, 4) is 5.75 Å². The summed E-state index contributed by atoms with van der Waals surface area (Å²) in [5.41, 5.74) is 1.89. The van der Waals surface area contributed by atoms with E-state index in [4.69, 9.17) is 21.1 Å². The van der Waals surface area contributed by atoms with E-state index in [-0.39, 0.29) is 5.91 Å². The molecule has 0 fully saturated rings. The summed E-state index contributed by atoms with van der Waals surface area (Å²) in [6.45, 7) is 2.36. The normalized spacial score (nSPS) is 13.0. The lowest BCUT2D eigenvalue weighted by Crippen LogP contribution is -2.15. The number of amides is 1. The Hall–Kier alpha value is -2.05. The van der Waals surface area contributed by atoms with Gasteiger partial charge in [-0.25, -0.2) is 4.79 Å². The summed E-state index contributed by atoms with van der Waals surface area (Å²) in [4.78, 5) is 26.1. The van der Waals surface area contributed by atoms with Crippen LogP contribution in [0.25, 0.3) is 0 Å². The van der Waals surface area contributed by atoms with Crippen molar-refractivity contribution in [3.63, 3.8) is 0 Å². The summed E-state index contributed by atoms with van der Waals surface area (Å²) in [5, 5.41) is 3.77. The van der Waals surface area contributed by atoms with Gasteiger partial charge >= 0.3 is 5.97 Å². The Labute approximate surface area is 161 Å². The molecule has 2 aromatic rings. The highest BCUT2D eigenvalue weighted by Crippen LogP contribution is 2.39. The van der Waals surface area contributed by atoms with Gasteiger partial charge in [0, 0.05) is 10.4 Å². The van der Waals surface area contributed by atoms with Crippen LogP contribution >= 0.6 is 22.9 Å². The highest BCUT2D eigenvalue weighted by molar-refractivity contribution is 7.17. The summed E-state index contributed by atoms with van der Waals surface area (Å²) in [5.74, 6) is -0.198. The molecule has 1 aromatic carbocycles. The topological polar surface area (TPSA) is 64.6 Å². The average molecular weight is 394 g/mol. The maximum atomic E-state index is 12.7. The number of aryl methyl sites for hydroxylation is 1. The van der Waals surface area contributed by atoms with E-state index in [2.05, 4.69) is 5.32 Å². The molecule has 0 unspecified atom stereocenters. The molecule has 5 nitrogen and oxygen atoms in total. The maximum Gasteiger partial charge on any atom is 0.341 e. The molecule has 0 saturated carbocycles. The second-order valence-electron chi connectivity index (χ2n) is 5.94. The summed E-state index contributed by atoms with van der Waals surface area (Å²) in [7, 11) is 1.35. The lowest BCUT2D eigenvalue weighted by atomic mass is 9.95. The molecule has 0 atom stereocenters. The fourth-order valence-electron chi connectivity index (χ4n) is 3.06. The van der Waals surface area contributed by atoms with Crippen LogP contribution in [0, 0.1) is 0 Å². The van der Waals surface area contributed by atoms with Crippen LogP contribution in [0.4, 0.5) is 5.00 Å². The van der Waals surface area contributed by atoms with E-state index in [1.165, 1.54) is 18.4 Å². The molecule has 1 N–H and O–H groups in total. The van der Waals surface area contributed by atoms with Crippen molar-refractivity contribution in [2.75, 3.05) is 19.0 Å². The number of hydrogen-bond acceptors (Lipinski definition) is 5. The van der Waals surface area contributed by atoms with E-state index in [1.807, 2.05) is 6.92 Å². The number of nitrogens with one attached hydrogen (secondary N) is 1. The number of esters is 1. The van der Waals surface area contributed by atoms with Gasteiger partial charge in [-0.1, -0.05) is 11.6 Å². The largest absolute Gasteiger partial charge is 0.492 e. The summed E-state index contributed by atoms with van der Waals surface area (Å²) < 4.78 is 10.3. The zero-order valence-electron chi connectivity index (χ0n) is 14.7. The lowest BCUT2D eigenvalue weighted by Gasteiger charge is -2.12. The zero-order chi connectivity index (χ0) is 18.7. The Morgan fingerprint density at radius 1 is 1.27 bits per heavy atom. The quantitative estimate of drug-likeness (QED) is 0.746. The number of thiophene rings is 1. The number of fused-ring (bicyclic) bond motifs is 1. The van der Waals surface area contributed by atoms with Gasteiger partial charge in [-0.15, -0.1) is 11.3 Å². The minimum absolute atomic E-state index is 0.321. The van der Waals surface area contributed by atoms with Crippen molar-refractivity contribution in [1.82, 2.24) is 0 Å². The first-order valence-corrected chi connectivity index (χ1v) is 9.71. The monoisotopic (exact) mass is 393 g/mol. The SMILES string of the molecule is CCOc1ccc(C(=O)Nc2sc3c(c2C(=O)OC)CCCC3)cc1Cl. The molecule has 0 spiro atoms. The highest BCUT2D eigenvalue weighted by atomic mass is 35.5. The Morgan fingerprint density at radius 2 is 2.04 bits per heavy atom. The number of halogens is 1. The van der Waals surface area contributed by atoms with Gasteiger partial charge in [0.25, 0.3) is 5.91 Å². The van der Waals surface area contributed by atoms with Crippen molar-refractivity contribution < 1.29 is 19.1 Å². The van der Waals surface area contributed by atoms with Crippen molar-refractivity contribution in [2.45, 2.75) is 32.6 Å². The fourth-order valence-corrected chi connectivity index (χ4v) is 4.57. The number of rotatable bonds is 5. The van der Waals surface area contributed by atoms with Crippen LogP contribution < -0.4 is 10.1 Å². The first-order chi connectivity index (χ1) is 12.5. The van der Waals surface area contributed by atoms with E-state index in [0.717, 1.165) is 36.1 Å². The molecule has 1 amide bonds. The minimum Gasteiger partial charge on any atom is -0.492 e. The van der Waals surface area contributed by atoms with Crippen molar-refractivity contribution in [1.29, 1.82) is 0 Å². The Balaban J connectivity index is 1.89. The second-order valence-corrected chi connectivity index (χ2v) is 7.45. The van der Waals surface area contributed by atoms with E-state index >= 15 is 0 Å². The Bertz CT molecular complexity index is 846. The first-order valence-electron chi connectivity index (χ1n) is 8.51. The lowest BCUT2D eigenvalue weighted by molar-refractivity contribution is 0.0601. The standard InChI is InChI=1S/C19H20ClNO4S/c1-3-25-14-9-8-11(10-13(14)20)17(22)21-18-16(19(23)24-2)12-6-4-5-7-15(12)26-18/h8-10H,3-7H2,1-2H3,(H,21,22). The van der Waals surface area contributed by atoms with Crippen molar-refractivity contribution >= 4 is 39.8 Å². The third-order valence-electron chi connectivity index (χ3n) is 4.28. The van der Waals surface area contributed by atoms with Gasteiger partial charge in [-0.3, -0.25) is 4.79 Å². The second kappa shape index (κ2) is 8.10. The zero-order valence-corrected chi connectivity index (χ0v) is 16.3. The molecular weight excluding hydrogens is 374 g/mol. The molecule has 0 bridgehead atoms. The third kappa shape index (κ3) is 3.71. The molecule has 0 radical (unpaired) electrons. The minimum atomic E-state index is -0.413. The fraction of sp³-hybridized carbons (Fsp3) is 0.368. The van der Waals surface area contributed by atoms with Gasteiger partial charge in [-0.2, -0.15) is 0 Å². The molecule has 1 aliphatic carbocycles. The molecule has 1 aliphatic rings. The molecule has 138 valence electrons. The molecular formula is C19H20ClNO4S. The van der Waals surface area contributed by atoms with Crippen LogP contribution in [0.2, 0.25) is 5.02 Å². The van der Waals surface area contributed by atoms with Crippen LogP contribution in [-0.4, -0.2) is 25.6 Å². The molecule has 7 heteroatoms. The number of anilines is 1. The molecule has 1 aromatic heterocycles. The summed E-state index contributed by atoms with van der Waals surface area (Å²) in [6, 6.07) is 4.88. The molecule has 0 aliphatic heterocycles. The van der Waals surface area contributed by atoms with E-state index in [0.29, 0.717) is 33.5 Å². The average Bonchev–Trinajstić information content (AvgIpc) is 3.00. The predicted molar refractivity (Wildman–Crippen MR) is 103 cm³/mol. The Morgan fingerprint density at radius 3 is 2.73 bits per heavy atom. The Kier molecular flexibility index (Phi) is 5.84. The number of ether oxygens (including phenoxy) is 2. The van der Waals surface area contributed by atoms with Crippen molar-refractivity contribution in [3.05, 3.63) is 44.8 Å². The van der Waals surface area contributed by atoms with E-state index in [1.54, 1.807) is 18.2 Å². The number of benzene rings is 1. The number of carbonyl (C=O) groups is 2. The number of carbonyl (C=O) groups excluding carboxylic acids is 2.